The van der Waals surface area contributed by atoms with Gasteiger partial charge in [0.25, 0.3) is 0 Å². The number of nitrogens with zero attached hydrogens (tertiary/aromatic N) is 1. The minimum absolute atomic E-state index is 0. The molecule has 6 nitrogen and oxygen atoms in total. The van der Waals surface area contributed by atoms with Crippen LogP contribution in [0.1, 0.15) is 31.4 Å². The van der Waals surface area contributed by atoms with Crippen LogP contribution in [0.25, 0.3) is 0 Å². The second-order valence-electron chi connectivity index (χ2n) is 5.97. The molecule has 1 aliphatic heterocycles. The van der Waals surface area contributed by atoms with Crippen LogP contribution in [0.15, 0.2) is 23.2 Å². The lowest BCUT2D eigenvalue weighted by molar-refractivity contribution is 0.0191. The average Bonchev–Trinajstić information content (AvgIpc) is 3.13. The van der Waals surface area contributed by atoms with Gasteiger partial charge in [-0.3, -0.25) is 4.99 Å². The number of hydrogen-bond acceptors (Lipinski definition) is 4. The second kappa shape index (κ2) is 12.3. The molecule has 0 aromatic heterocycles. The highest BCUT2D eigenvalue weighted by atomic mass is 127. The molecular weight excluding hydrogens is 452 g/mol. The maximum atomic E-state index is 13.8. The van der Waals surface area contributed by atoms with Crippen LogP contribution >= 0.6 is 24.0 Å². The first-order chi connectivity index (χ1) is 12.1. The Morgan fingerprint density at radius 2 is 2.27 bits per heavy atom. The van der Waals surface area contributed by atoms with Gasteiger partial charge in [-0.25, -0.2) is 4.39 Å². The standard InChI is InChI=1S/C18H28FN3O3.HI/c1-13(14-6-7-17(23-3)16(19)11-14)22-18(20-2)21-8-10-24-12-15-5-4-9-25-15;/h6-7,11,13,15H,4-5,8-10,12H2,1-3H3,(H2,20,21,22);1H. The highest BCUT2D eigenvalue weighted by molar-refractivity contribution is 14.0. The molecule has 2 rings (SSSR count). The smallest absolute Gasteiger partial charge is 0.191 e. The number of methoxy groups -OCH3 is 1. The number of nitrogens with one attached hydrogen (secondary N) is 2. The van der Waals surface area contributed by atoms with Gasteiger partial charge in [0, 0.05) is 20.2 Å². The largest absolute Gasteiger partial charge is 0.494 e. The Hall–Kier alpha value is -1.13. The van der Waals surface area contributed by atoms with E-state index in [-0.39, 0.29) is 47.7 Å². The van der Waals surface area contributed by atoms with Gasteiger partial charge in [-0.05, 0) is 37.5 Å². The highest BCUT2D eigenvalue weighted by Gasteiger charge is 2.15. The molecule has 1 heterocycles. The predicted octanol–water partition coefficient (Wildman–Crippen LogP) is 2.87. The molecule has 0 amide bonds. The van der Waals surface area contributed by atoms with Gasteiger partial charge in [0.2, 0.25) is 0 Å². The van der Waals surface area contributed by atoms with Crippen LogP contribution in [0.4, 0.5) is 4.39 Å². The molecular formula is C18H29FIN3O3. The molecule has 1 saturated heterocycles. The van der Waals surface area contributed by atoms with Crippen molar-refractivity contribution in [3.63, 3.8) is 0 Å². The van der Waals surface area contributed by atoms with Gasteiger partial charge in [-0.15, -0.1) is 24.0 Å². The van der Waals surface area contributed by atoms with E-state index in [2.05, 4.69) is 15.6 Å². The number of aliphatic imine (C=N–C) groups is 1. The minimum Gasteiger partial charge on any atom is -0.494 e. The minimum atomic E-state index is -0.376. The van der Waals surface area contributed by atoms with Crippen molar-refractivity contribution in [3.8, 4) is 5.75 Å². The van der Waals surface area contributed by atoms with Crippen molar-refractivity contribution in [2.24, 2.45) is 4.99 Å². The lowest BCUT2D eigenvalue weighted by atomic mass is 10.1. The van der Waals surface area contributed by atoms with Gasteiger partial charge in [0.1, 0.15) is 0 Å². The van der Waals surface area contributed by atoms with Crippen molar-refractivity contribution < 1.29 is 18.6 Å². The zero-order chi connectivity index (χ0) is 18.1. The Morgan fingerprint density at radius 3 is 2.88 bits per heavy atom. The molecule has 0 bridgehead atoms. The first kappa shape index (κ1) is 22.9. The molecule has 1 fully saturated rings. The van der Waals surface area contributed by atoms with Crippen molar-refractivity contribution in [1.82, 2.24) is 10.6 Å². The van der Waals surface area contributed by atoms with Crippen molar-refractivity contribution in [2.45, 2.75) is 31.9 Å². The zero-order valence-electron chi connectivity index (χ0n) is 15.6. The summed E-state index contributed by atoms with van der Waals surface area (Å²) in [4.78, 5) is 4.18. The molecule has 0 spiro atoms. The van der Waals surface area contributed by atoms with Crippen LogP contribution in [0.3, 0.4) is 0 Å². The summed E-state index contributed by atoms with van der Waals surface area (Å²) in [6.45, 7) is 4.63. The summed E-state index contributed by atoms with van der Waals surface area (Å²) in [5.74, 6) is 0.505. The Labute approximate surface area is 171 Å². The van der Waals surface area contributed by atoms with Crippen LogP contribution in [0.5, 0.6) is 5.75 Å². The van der Waals surface area contributed by atoms with Crippen LogP contribution < -0.4 is 15.4 Å². The molecule has 2 unspecified atom stereocenters. The fraction of sp³-hybridized carbons (Fsp3) is 0.611. The topological polar surface area (TPSA) is 64.1 Å². The monoisotopic (exact) mass is 481 g/mol. The van der Waals surface area contributed by atoms with Crippen LogP contribution in [0, 0.1) is 5.82 Å². The Balaban J connectivity index is 0.00000338. The van der Waals surface area contributed by atoms with Crippen LogP contribution in [-0.4, -0.2) is 52.6 Å². The lowest BCUT2D eigenvalue weighted by Gasteiger charge is -2.19. The van der Waals surface area contributed by atoms with Crippen LogP contribution in [-0.2, 0) is 9.47 Å². The van der Waals surface area contributed by atoms with Crippen molar-refractivity contribution in [2.75, 3.05) is 40.5 Å². The number of ether oxygens (including phenoxy) is 3. The molecule has 2 atom stereocenters. The number of rotatable bonds is 8. The molecule has 8 heteroatoms. The summed E-state index contributed by atoms with van der Waals surface area (Å²) < 4.78 is 29.9. The molecule has 0 aliphatic carbocycles. The van der Waals surface area contributed by atoms with Gasteiger partial charge < -0.3 is 24.8 Å². The van der Waals surface area contributed by atoms with E-state index >= 15 is 0 Å². The fourth-order valence-electron chi connectivity index (χ4n) is 2.67. The molecule has 148 valence electrons. The second-order valence-corrected chi connectivity index (χ2v) is 5.97. The number of halogens is 2. The molecule has 0 radical (unpaired) electrons. The molecule has 0 saturated carbocycles. The van der Waals surface area contributed by atoms with Crippen molar-refractivity contribution in [1.29, 1.82) is 0 Å². The fourth-order valence-corrected chi connectivity index (χ4v) is 2.67. The van der Waals surface area contributed by atoms with Gasteiger partial charge in [0.05, 0.1) is 32.5 Å². The van der Waals surface area contributed by atoms with E-state index in [4.69, 9.17) is 14.2 Å². The van der Waals surface area contributed by atoms with Crippen LogP contribution in [0.2, 0.25) is 0 Å². The summed E-state index contributed by atoms with van der Waals surface area (Å²) in [5.41, 5.74) is 0.816. The van der Waals surface area contributed by atoms with E-state index < -0.39 is 0 Å². The van der Waals surface area contributed by atoms with Gasteiger partial charge in [-0.2, -0.15) is 0 Å². The van der Waals surface area contributed by atoms with Gasteiger partial charge in [0.15, 0.2) is 17.5 Å². The number of guanidine groups is 1. The molecule has 1 aromatic carbocycles. The molecule has 26 heavy (non-hydrogen) atoms. The van der Waals surface area contributed by atoms with Gasteiger partial charge >= 0.3 is 0 Å². The van der Waals surface area contributed by atoms with E-state index in [9.17, 15) is 4.39 Å². The maximum Gasteiger partial charge on any atom is 0.191 e. The number of benzene rings is 1. The predicted molar refractivity (Wildman–Crippen MR) is 111 cm³/mol. The maximum absolute atomic E-state index is 13.8. The normalized spacial score (nSPS) is 18.2. The van der Waals surface area contributed by atoms with Crippen molar-refractivity contribution in [3.05, 3.63) is 29.6 Å². The first-order valence-corrected chi connectivity index (χ1v) is 8.64. The molecule has 1 aromatic rings. The third kappa shape index (κ3) is 7.24. The van der Waals surface area contributed by atoms with E-state index in [1.165, 1.54) is 13.2 Å². The third-order valence-corrected chi connectivity index (χ3v) is 4.12. The Bertz CT molecular complexity index is 569. The van der Waals surface area contributed by atoms with E-state index in [1.54, 1.807) is 13.1 Å². The number of hydrogen-bond donors (Lipinski definition) is 2. The lowest BCUT2D eigenvalue weighted by Crippen LogP contribution is -2.40. The SMILES string of the molecule is CN=C(NCCOCC1CCCO1)NC(C)c1ccc(OC)c(F)c1.I. The van der Waals surface area contributed by atoms with Crippen molar-refractivity contribution >= 4 is 29.9 Å². The summed E-state index contributed by atoms with van der Waals surface area (Å²) in [6.07, 6.45) is 2.43. The summed E-state index contributed by atoms with van der Waals surface area (Å²) in [6, 6.07) is 4.82. The van der Waals surface area contributed by atoms with E-state index in [0.29, 0.717) is 25.7 Å². The van der Waals surface area contributed by atoms with E-state index in [0.717, 1.165) is 25.0 Å². The highest BCUT2D eigenvalue weighted by Crippen LogP contribution is 2.21. The molecule has 1 aliphatic rings. The Morgan fingerprint density at radius 1 is 1.46 bits per heavy atom. The summed E-state index contributed by atoms with van der Waals surface area (Å²) in [5, 5.41) is 6.42. The quantitative estimate of drug-likeness (QED) is 0.259. The molecule has 2 N–H and O–H groups in total. The zero-order valence-corrected chi connectivity index (χ0v) is 17.9. The summed E-state index contributed by atoms with van der Waals surface area (Å²) in [7, 11) is 3.15. The van der Waals surface area contributed by atoms with Gasteiger partial charge in [-0.1, -0.05) is 6.07 Å². The first-order valence-electron chi connectivity index (χ1n) is 8.64. The third-order valence-electron chi connectivity index (χ3n) is 4.12. The average molecular weight is 481 g/mol. The Kier molecular flexibility index (Phi) is 10.8. The van der Waals surface area contributed by atoms with E-state index in [1.807, 2.05) is 13.0 Å². The summed E-state index contributed by atoms with van der Waals surface area (Å²) >= 11 is 0.